The minimum absolute atomic E-state index is 0.309. The van der Waals surface area contributed by atoms with Crippen molar-refractivity contribution in [2.24, 2.45) is 0 Å². The quantitative estimate of drug-likeness (QED) is 0.632. The van der Waals surface area contributed by atoms with Crippen LogP contribution in [0.15, 0.2) is 83.8 Å². The van der Waals surface area contributed by atoms with Crippen LogP contribution in [0.4, 0.5) is 5.69 Å². The van der Waals surface area contributed by atoms with E-state index < -0.39 is 9.84 Å². The van der Waals surface area contributed by atoms with Crippen molar-refractivity contribution in [1.29, 1.82) is 0 Å². The highest BCUT2D eigenvalue weighted by atomic mass is 32.2. The summed E-state index contributed by atoms with van der Waals surface area (Å²) in [5, 5.41) is 6.90. The van der Waals surface area contributed by atoms with Gasteiger partial charge in [-0.05, 0) is 41.5 Å². The van der Waals surface area contributed by atoms with E-state index in [1.807, 2.05) is 42.5 Å². The molecule has 6 heteroatoms. The Morgan fingerprint density at radius 1 is 0.889 bits per heavy atom. The smallest absolute Gasteiger partial charge is 0.175 e. The lowest BCUT2D eigenvalue weighted by Crippen LogP contribution is -2.28. The minimum atomic E-state index is -3.18. The van der Waals surface area contributed by atoms with Gasteiger partial charge in [-0.25, -0.2) is 8.42 Å². The molecule has 0 bridgehead atoms. The predicted octanol–water partition coefficient (Wildman–Crippen LogP) is 4.24. The van der Waals surface area contributed by atoms with E-state index in [-0.39, 0.29) is 0 Å². The van der Waals surface area contributed by atoms with Gasteiger partial charge in [-0.15, -0.1) is 0 Å². The molecule has 0 amide bonds. The molecular weight excluding hydrogens is 376 g/mol. The van der Waals surface area contributed by atoms with Crippen LogP contribution in [-0.4, -0.2) is 19.8 Å². The third kappa shape index (κ3) is 5.15. The number of para-hydroxylation sites is 1. The van der Waals surface area contributed by atoms with E-state index in [2.05, 4.69) is 22.8 Å². The Hall–Kier alpha value is -2.70. The number of hydrogen-bond donors (Lipinski definition) is 2. The van der Waals surface area contributed by atoms with Crippen molar-refractivity contribution in [3.8, 4) is 11.1 Å². The standard InChI is InChI=1S/C21H20N2O2S2/c1-27(24,25)18-13-11-16(12-14-18)15-22-21(26)23-20-10-6-5-9-19(20)17-7-3-2-4-8-17/h2-14H,15H2,1H3,(H2,22,23,26). The van der Waals surface area contributed by atoms with E-state index in [0.717, 1.165) is 22.4 Å². The summed E-state index contributed by atoms with van der Waals surface area (Å²) in [5.74, 6) is 0. The van der Waals surface area contributed by atoms with E-state index in [1.165, 1.54) is 6.26 Å². The fourth-order valence-corrected chi connectivity index (χ4v) is 3.48. The summed E-state index contributed by atoms with van der Waals surface area (Å²) in [4.78, 5) is 0.309. The Balaban J connectivity index is 1.65. The van der Waals surface area contributed by atoms with E-state index in [4.69, 9.17) is 12.2 Å². The van der Waals surface area contributed by atoms with E-state index >= 15 is 0 Å². The van der Waals surface area contributed by atoms with E-state index in [1.54, 1.807) is 24.3 Å². The second-order valence-corrected chi connectivity index (χ2v) is 8.56. The number of rotatable bonds is 5. The summed E-state index contributed by atoms with van der Waals surface area (Å²) in [6.07, 6.45) is 1.20. The average Bonchev–Trinajstić information content (AvgIpc) is 2.67. The second kappa shape index (κ2) is 8.33. The summed E-state index contributed by atoms with van der Waals surface area (Å²) in [5.41, 5.74) is 4.05. The third-order valence-electron chi connectivity index (χ3n) is 4.06. The highest BCUT2D eigenvalue weighted by molar-refractivity contribution is 7.90. The fourth-order valence-electron chi connectivity index (χ4n) is 2.66. The van der Waals surface area contributed by atoms with Crippen molar-refractivity contribution in [2.75, 3.05) is 11.6 Å². The first kappa shape index (κ1) is 19.1. The topological polar surface area (TPSA) is 58.2 Å². The first-order chi connectivity index (χ1) is 12.9. The molecule has 4 nitrogen and oxygen atoms in total. The van der Waals surface area contributed by atoms with Crippen molar-refractivity contribution in [2.45, 2.75) is 11.4 Å². The molecule has 0 unspecified atom stereocenters. The lowest BCUT2D eigenvalue weighted by Gasteiger charge is -2.14. The lowest BCUT2D eigenvalue weighted by atomic mass is 10.0. The SMILES string of the molecule is CS(=O)(=O)c1ccc(CNC(=S)Nc2ccccc2-c2ccccc2)cc1. The van der Waals surface area contributed by atoms with Crippen molar-refractivity contribution < 1.29 is 8.42 Å². The largest absolute Gasteiger partial charge is 0.358 e. The zero-order chi connectivity index (χ0) is 19.3. The summed E-state index contributed by atoms with van der Waals surface area (Å²) >= 11 is 5.41. The lowest BCUT2D eigenvalue weighted by molar-refractivity contribution is 0.602. The fraction of sp³-hybridized carbons (Fsp3) is 0.0952. The van der Waals surface area contributed by atoms with Crippen LogP contribution in [0, 0.1) is 0 Å². The van der Waals surface area contributed by atoms with Gasteiger partial charge >= 0.3 is 0 Å². The Morgan fingerprint density at radius 2 is 1.52 bits per heavy atom. The van der Waals surface area contributed by atoms with Crippen molar-refractivity contribution in [1.82, 2.24) is 5.32 Å². The zero-order valence-corrected chi connectivity index (χ0v) is 16.5. The Morgan fingerprint density at radius 3 is 2.19 bits per heavy atom. The minimum Gasteiger partial charge on any atom is -0.358 e. The van der Waals surface area contributed by atoms with E-state index in [0.29, 0.717) is 16.6 Å². The summed E-state index contributed by atoms with van der Waals surface area (Å²) < 4.78 is 23.0. The van der Waals surface area contributed by atoms with E-state index in [9.17, 15) is 8.42 Å². The molecule has 27 heavy (non-hydrogen) atoms. The van der Waals surface area contributed by atoms with Crippen LogP contribution in [-0.2, 0) is 16.4 Å². The van der Waals surface area contributed by atoms with Crippen molar-refractivity contribution in [3.05, 3.63) is 84.4 Å². The van der Waals surface area contributed by atoms with Crippen LogP contribution >= 0.6 is 12.2 Å². The number of sulfone groups is 1. The highest BCUT2D eigenvalue weighted by Gasteiger charge is 2.08. The van der Waals surface area contributed by atoms with Crippen LogP contribution in [0.3, 0.4) is 0 Å². The Kier molecular flexibility index (Phi) is 5.88. The van der Waals surface area contributed by atoms with Crippen LogP contribution in [0.2, 0.25) is 0 Å². The summed E-state index contributed by atoms with van der Waals surface area (Å²) in [6.45, 7) is 0.503. The Bertz CT molecular complexity index is 1030. The zero-order valence-electron chi connectivity index (χ0n) is 14.8. The second-order valence-electron chi connectivity index (χ2n) is 6.14. The molecule has 0 saturated carbocycles. The monoisotopic (exact) mass is 396 g/mol. The predicted molar refractivity (Wildman–Crippen MR) is 114 cm³/mol. The maximum Gasteiger partial charge on any atom is 0.175 e. The van der Waals surface area contributed by atoms with Crippen molar-refractivity contribution >= 4 is 32.9 Å². The molecule has 3 rings (SSSR count). The molecule has 0 fully saturated rings. The normalized spacial score (nSPS) is 11.0. The highest BCUT2D eigenvalue weighted by Crippen LogP contribution is 2.27. The molecule has 0 radical (unpaired) electrons. The van der Waals surface area contributed by atoms with Crippen LogP contribution in [0.5, 0.6) is 0 Å². The molecule has 3 aromatic carbocycles. The van der Waals surface area contributed by atoms with Crippen molar-refractivity contribution in [3.63, 3.8) is 0 Å². The average molecular weight is 397 g/mol. The maximum absolute atomic E-state index is 11.5. The molecule has 0 aliphatic heterocycles. The molecule has 0 aliphatic carbocycles. The van der Waals surface area contributed by atoms with Gasteiger partial charge in [0.05, 0.1) is 4.90 Å². The molecule has 0 spiro atoms. The van der Waals surface area contributed by atoms with Gasteiger partial charge in [0.25, 0.3) is 0 Å². The Labute approximate surface area is 165 Å². The van der Waals surface area contributed by atoms with Crippen LogP contribution < -0.4 is 10.6 Å². The molecule has 2 N–H and O–H groups in total. The van der Waals surface area contributed by atoms with Gasteiger partial charge < -0.3 is 10.6 Å². The molecule has 0 atom stereocenters. The van der Waals surface area contributed by atoms with Crippen LogP contribution in [0.25, 0.3) is 11.1 Å². The molecule has 3 aromatic rings. The molecule has 0 saturated heterocycles. The molecule has 0 heterocycles. The molecule has 0 aromatic heterocycles. The van der Waals surface area contributed by atoms with Gasteiger partial charge in [0.2, 0.25) is 0 Å². The molecule has 0 aliphatic rings. The van der Waals surface area contributed by atoms with Gasteiger partial charge in [0, 0.05) is 24.1 Å². The van der Waals surface area contributed by atoms with Gasteiger partial charge in [-0.3, -0.25) is 0 Å². The summed E-state index contributed by atoms with van der Waals surface area (Å²) in [7, 11) is -3.18. The number of thiocarbonyl (C=S) groups is 1. The van der Waals surface area contributed by atoms with Gasteiger partial charge in [-0.2, -0.15) is 0 Å². The summed E-state index contributed by atoms with van der Waals surface area (Å²) in [6, 6.07) is 24.9. The first-order valence-electron chi connectivity index (χ1n) is 8.42. The van der Waals surface area contributed by atoms with Gasteiger partial charge in [0.15, 0.2) is 14.9 Å². The first-order valence-corrected chi connectivity index (χ1v) is 10.7. The molecule has 138 valence electrons. The van der Waals surface area contributed by atoms with Crippen LogP contribution in [0.1, 0.15) is 5.56 Å². The third-order valence-corrected chi connectivity index (χ3v) is 5.44. The number of anilines is 1. The van der Waals surface area contributed by atoms with Gasteiger partial charge in [-0.1, -0.05) is 60.7 Å². The number of hydrogen-bond acceptors (Lipinski definition) is 3. The maximum atomic E-state index is 11.5. The van der Waals surface area contributed by atoms with Gasteiger partial charge in [0.1, 0.15) is 0 Å². The number of benzene rings is 3. The number of nitrogens with one attached hydrogen (secondary N) is 2. The molecular formula is C21H20N2O2S2.